The Morgan fingerprint density at radius 2 is 2.00 bits per heavy atom. The lowest BCUT2D eigenvalue weighted by Crippen LogP contribution is -2.29. The molecule has 1 aromatic carbocycles. The molecular weight excluding hydrogens is 365 g/mol. The smallest absolute Gasteiger partial charge is 0.461 e. The molecule has 2 N–H and O–H groups in total. The van der Waals surface area contributed by atoms with Crippen LogP contribution in [0.2, 0.25) is 5.02 Å². The third-order valence-corrected chi connectivity index (χ3v) is 3.46. The van der Waals surface area contributed by atoms with E-state index in [-0.39, 0.29) is 35.8 Å². The summed E-state index contributed by atoms with van der Waals surface area (Å²) in [5, 5.41) is 0.394. The molecule has 0 amide bonds. The second-order valence-corrected chi connectivity index (χ2v) is 5.32. The molecule has 0 unspecified atom stereocenters. The van der Waals surface area contributed by atoms with Crippen LogP contribution in [-0.4, -0.2) is 35.8 Å². The summed E-state index contributed by atoms with van der Waals surface area (Å²) in [6, 6.07) is 4.18. The number of aromatic nitrogens is 1. The highest BCUT2D eigenvalue weighted by molar-refractivity contribution is 6.31. The first kappa shape index (κ1) is 19.1. The van der Waals surface area contributed by atoms with Crippen molar-refractivity contribution in [2.45, 2.75) is 19.6 Å². The highest BCUT2D eigenvalue weighted by Gasteiger charge is 2.43. The van der Waals surface area contributed by atoms with Crippen molar-refractivity contribution in [1.82, 2.24) is 4.57 Å². The van der Waals surface area contributed by atoms with Crippen LogP contribution < -0.4 is 10.5 Å². The number of carbonyl (C=O) groups is 2. The normalized spacial score (nSPS) is 11.6. The summed E-state index contributed by atoms with van der Waals surface area (Å²) in [6.07, 6.45) is -5.22. The fourth-order valence-electron chi connectivity index (χ4n) is 2.31. The van der Waals surface area contributed by atoms with Crippen molar-refractivity contribution in [3.63, 3.8) is 0 Å². The molecule has 0 saturated carbocycles. The van der Waals surface area contributed by atoms with Crippen molar-refractivity contribution in [2.24, 2.45) is 5.73 Å². The zero-order valence-corrected chi connectivity index (χ0v) is 13.8. The van der Waals surface area contributed by atoms with E-state index in [2.05, 4.69) is 4.74 Å². The molecular formula is C15H14ClF3N2O4. The molecule has 0 aliphatic rings. The molecule has 0 spiro atoms. The van der Waals surface area contributed by atoms with E-state index in [0.717, 1.165) is 0 Å². The number of esters is 2. The Hall–Kier alpha value is -2.26. The lowest BCUT2D eigenvalue weighted by molar-refractivity contribution is -0.189. The third kappa shape index (κ3) is 3.88. The minimum Gasteiger partial charge on any atom is -0.461 e. The number of rotatable bonds is 5. The fraction of sp³-hybridized carbons (Fsp3) is 0.333. The van der Waals surface area contributed by atoms with Gasteiger partial charge in [0, 0.05) is 23.5 Å². The first-order valence-electron chi connectivity index (χ1n) is 7.18. The van der Waals surface area contributed by atoms with Gasteiger partial charge in [0.15, 0.2) is 11.4 Å². The van der Waals surface area contributed by atoms with Gasteiger partial charge in [-0.2, -0.15) is 13.2 Å². The summed E-state index contributed by atoms with van der Waals surface area (Å²) >= 11 is 5.92. The number of alkyl halides is 3. The number of nitrogens with two attached hydrogens (primary N) is 1. The topological polar surface area (TPSA) is 83.5 Å². The quantitative estimate of drug-likeness (QED) is 0.809. The van der Waals surface area contributed by atoms with Gasteiger partial charge in [-0.15, -0.1) is 0 Å². The van der Waals surface area contributed by atoms with Gasteiger partial charge in [0.1, 0.15) is 0 Å². The van der Waals surface area contributed by atoms with Crippen molar-refractivity contribution in [1.29, 1.82) is 0 Å². The maximum absolute atomic E-state index is 12.6. The van der Waals surface area contributed by atoms with E-state index in [0.29, 0.717) is 5.52 Å². The van der Waals surface area contributed by atoms with Crippen molar-refractivity contribution >= 4 is 34.4 Å². The number of carbonyl (C=O) groups excluding carboxylic acids is 2. The molecule has 136 valence electrons. The first-order chi connectivity index (χ1) is 11.7. The zero-order valence-electron chi connectivity index (χ0n) is 13.0. The van der Waals surface area contributed by atoms with E-state index in [9.17, 15) is 22.8 Å². The Bertz CT molecular complexity index is 817. The zero-order chi connectivity index (χ0) is 18.8. The molecule has 10 heteroatoms. The Morgan fingerprint density at radius 3 is 2.56 bits per heavy atom. The molecule has 6 nitrogen and oxygen atoms in total. The molecule has 2 rings (SSSR count). The highest BCUT2D eigenvalue weighted by atomic mass is 35.5. The fourth-order valence-corrected chi connectivity index (χ4v) is 2.47. The van der Waals surface area contributed by atoms with Gasteiger partial charge in [-0.1, -0.05) is 11.6 Å². The van der Waals surface area contributed by atoms with Crippen molar-refractivity contribution in [3.05, 3.63) is 28.9 Å². The van der Waals surface area contributed by atoms with Crippen LogP contribution in [0.1, 0.15) is 17.4 Å². The van der Waals surface area contributed by atoms with E-state index in [1.165, 1.54) is 29.7 Å². The van der Waals surface area contributed by atoms with E-state index in [1.54, 1.807) is 0 Å². The third-order valence-electron chi connectivity index (χ3n) is 3.23. The van der Waals surface area contributed by atoms with E-state index < -0.39 is 23.9 Å². The lowest BCUT2D eigenvalue weighted by atomic mass is 10.2. The number of benzene rings is 1. The molecule has 0 fully saturated rings. The van der Waals surface area contributed by atoms with Crippen molar-refractivity contribution in [2.75, 3.05) is 13.2 Å². The van der Waals surface area contributed by atoms with E-state index >= 15 is 0 Å². The molecule has 25 heavy (non-hydrogen) atoms. The second kappa shape index (κ2) is 7.32. The number of nitrogens with zero attached hydrogens (tertiary/aromatic N) is 1. The van der Waals surface area contributed by atoms with Gasteiger partial charge in [0.05, 0.1) is 12.1 Å². The number of halogens is 4. The van der Waals surface area contributed by atoms with Gasteiger partial charge in [0.2, 0.25) is 0 Å². The van der Waals surface area contributed by atoms with Crippen LogP contribution in [0, 0.1) is 0 Å². The van der Waals surface area contributed by atoms with E-state index in [4.69, 9.17) is 22.1 Å². The maximum Gasteiger partial charge on any atom is 0.491 e. The first-order valence-corrected chi connectivity index (χ1v) is 7.56. The Kier molecular flexibility index (Phi) is 5.58. The largest absolute Gasteiger partial charge is 0.491 e. The van der Waals surface area contributed by atoms with Gasteiger partial charge in [-0.3, -0.25) is 0 Å². The molecule has 2 aromatic rings. The minimum absolute atomic E-state index is 0.0175. The minimum atomic E-state index is -5.22. The molecule has 0 saturated heterocycles. The molecule has 0 aliphatic carbocycles. The van der Waals surface area contributed by atoms with Crippen LogP contribution in [0.3, 0.4) is 0 Å². The molecule has 1 heterocycles. The summed E-state index contributed by atoms with van der Waals surface area (Å²) in [5.74, 6) is -3.92. The average Bonchev–Trinajstić information content (AvgIpc) is 2.80. The van der Waals surface area contributed by atoms with Crippen molar-refractivity contribution in [3.8, 4) is 5.75 Å². The van der Waals surface area contributed by atoms with Crippen LogP contribution >= 0.6 is 11.6 Å². The SMILES string of the molecule is CCOC(=O)c1c(OC(=O)C(F)(F)F)c2ccc(Cl)cc2n1CCN. The van der Waals surface area contributed by atoms with Gasteiger partial charge < -0.3 is 19.8 Å². The Balaban J connectivity index is 2.73. The standard InChI is InChI=1S/C15H14ClF3N2O4/c1-2-24-13(22)11-12(25-14(23)15(17,18)19)9-4-3-8(16)7-10(9)21(11)6-5-20/h3-4,7H,2,5-6,20H2,1H3. The number of hydrogen-bond acceptors (Lipinski definition) is 5. The summed E-state index contributed by atoms with van der Waals surface area (Å²) < 4.78 is 48.5. The van der Waals surface area contributed by atoms with Gasteiger partial charge in [-0.25, -0.2) is 9.59 Å². The molecule has 0 radical (unpaired) electrons. The van der Waals surface area contributed by atoms with Crippen LogP contribution in [0.15, 0.2) is 18.2 Å². The molecule has 0 atom stereocenters. The maximum atomic E-state index is 12.6. The number of fused-ring (bicyclic) bond motifs is 1. The molecule has 0 bridgehead atoms. The average molecular weight is 379 g/mol. The summed E-state index contributed by atoms with van der Waals surface area (Å²) in [4.78, 5) is 23.5. The monoisotopic (exact) mass is 378 g/mol. The number of hydrogen-bond donors (Lipinski definition) is 1. The van der Waals surface area contributed by atoms with Crippen LogP contribution in [-0.2, 0) is 16.1 Å². The Morgan fingerprint density at radius 1 is 1.32 bits per heavy atom. The predicted molar refractivity (Wildman–Crippen MR) is 83.6 cm³/mol. The lowest BCUT2D eigenvalue weighted by Gasteiger charge is -2.11. The molecule has 0 aliphatic heterocycles. The van der Waals surface area contributed by atoms with Gasteiger partial charge >= 0.3 is 18.1 Å². The summed E-state index contributed by atoms with van der Waals surface area (Å²) in [7, 11) is 0. The van der Waals surface area contributed by atoms with Gasteiger partial charge in [0.25, 0.3) is 0 Å². The van der Waals surface area contributed by atoms with Crippen LogP contribution in [0.4, 0.5) is 13.2 Å². The van der Waals surface area contributed by atoms with Crippen LogP contribution in [0.25, 0.3) is 10.9 Å². The second-order valence-electron chi connectivity index (χ2n) is 4.89. The van der Waals surface area contributed by atoms with Crippen molar-refractivity contribution < 1.29 is 32.2 Å². The predicted octanol–water partition coefficient (Wildman–Crippen LogP) is 2.90. The summed E-state index contributed by atoms with van der Waals surface area (Å²) in [5.41, 5.74) is 5.48. The number of ether oxygens (including phenoxy) is 2. The Labute approximate surface area is 145 Å². The van der Waals surface area contributed by atoms with Gasteiger partial charge in [-0.05, 0) is 25.1 Å². The highest BCUT2D eigenvalue weighted by Crippen LogP contribution is 2.36. The van der Waals surface area contributed by atoms with Crippen LogP contribution in [0.5, 0.6) is 5.75 Å². The van der Waals surface area contributed by atoms with E-state index in [1.807, 2.05) is 0 Å². The molecule has 1 aromatic heterocycles. The summed E-state index contributed by atoms with van der Waals surface area (Å²) in [6.45, 7) is 1.67.